The minimum Gasteiger partial charge on any atom is -0.493 e. The number of benzene rings is 2. The molecule has 8 heteroatoms. The van der Waals surface area contributed by atoms with Crippen LogP contribution in [0.3, 0.4) is 0 Å². The zero-order chi connectivity index (χ0) is 21.4. The molecule has 0 amide bonds. The monoisotopic (exact) mass is 400 g/mol. The van der Waals surface area contributed by atoms with Gasteiger partial charge in [0.05, 0.1) is 12.7 Å². The maximum Gasteiger partial charge on any atom is 0.339 e. The van der Waals surface area contributed by atoms with Crippen LogP contribution >= 0.6 is 0 Å². The lowest BCUT2D eigenvalue weighted by atomic mass is 10.1. The van der Waals surface area contributed by atoms with Crippen molar-refractivity contribution in [3.8, 4) is 11.5 Å². The highest BCUT2D eigenvalue weighted by molar-refractivity contribution is 5.93. The number of carboxylic acids is 2. The molecule has 0 bridgehead atoms. The van der Waals surface area contributed by atoms with Crippen LogP contribution in [-0.2, 0) is 0 Å². The molecule has 0 aromatic heterocycles. The van der Waals surface area contributed by atoms with Crippen molar-refractivity contribution in [1.29, 1.82) is 0 Å². The summed E-state index contributed by atoms with van der Waals surface area (Å²) in [6.07, 6.45) is 1.82. The zero-order valence-electron chi connectivity index (χ0n) is 15.7. The number of carbonyl (C=O) groups excluding carboxylic acids is 2. The zero-order valence-corrected chi connectivity index (χ0v) is 15.7. The fraction of sp³-hybridized carbons (Fsp3) is 0.238. The molecule has 0 saturated carbocycles. The van der Waals surface area contributed by atoms with Crippen molar-refractivity contribution >= 4 is 24.5 Å². The Morgan fingerprint density at radius 3 is 1.97 bits per heavy atom. The highest BCUT2D eigenvalue weighted by atomic mass is 16.5. The summed E-state index contributed by atoms with van der Waals surface area (Å²) in [6.45, 7) is 1.98. The Bertz CT molecular complexity index is 919. The summed E-state index contributed by atoms with van der Waals surface area (Å²) in [4.78, 5) is 44.2. The molecule has 0 fully saturated rings. The summed E-state index contributed by atoms with van der Waals surface area (Å²) in [7, 11) is 0. The van der Waals surface area contributed by atoms with Gasteiger partial charge in [-0.05, 0) is 56.2 Å². The number of carbonyl (C=O) groups is 4. The minimum absolute atomic E-state index is 0.0970. The van der Waals surface area contributed by atoms with Crippen LogP contribution in [0.4, 0.5) is 0 Å². The van der Waals surface area contributed by atoms with E-state index in [1.165, 1.54) is 36.4 Å². The van der Waals surface area contributed by atoms with Gasteiger partial charge in [0.2, 0.25) is 0 Å². The molecule has 0 saturated heterocycles. The lowest BCUT2D eigenvalue weighted by molar-refractivity contribution is 0.0677. The summed E-state index contributed by atoms with van der Waals surface area (Å²) in [6, 6.07) is 8.30. The van der Waals surface area contributed by atoms with Gasteiger partial charge in [-0.25, -0.2) is 9.59 Å². The van der Waals surface area contributed by atoms with E-state index in [0.717, 1.165) is 0 Å². The SMILES string of the molecule is CC(CCCOc1ccc(C=O)cc1C(=O)O)Oc1ccc(C=O)cc1C(=O)O. The third kappa shape index (κ3) is 5.90. The highest BCUT2D eigenvalue weighted by Crippen LogP contribution is 2.23. The first-order chi connectivity index (χ1) is 13.8. The molecule has 0 spiro atoms. The topological polar surface area (TPSA) is 127 Å². The normalized spacial score (nSPS) is 11.3. The van der Waals surface area contributed by atoms with Crippen molar-refractivity contribution < 1.29 is 38.9 Å². The van der Waals surface area contributed by atoms with Crippen LogP contribution in [0, 0.1) is 0 Å². The van der Waals surface area contributed by atoms with Gasteiger partial charge in [-0.15, -0.1) is 0 Å². The van der Waals surface area contributed by atoms with Crippen LogP contribution in [-0.4, -0.2) is 47.4 Å². The van der Waals surface area contributed by atoms with Gasteiger partial charge in [0.1, 0.15) is 35.2 Å². The predicted octanol–water partition coefficient (Wildman–Crippen LogP) is 3.33. The van der Waals surface area contributed by atoms with Gasteiger partial charge >= 0.3 is 11.9 Å². The third-order valence-corrected chi connectivity index (χ3v) is 4.08. The minimum atomic E-state index is -1.20. The molecule has 2 rings (SSSR count). The Hall–Kier alpha value is -3.68. The van der Waals surface area contributed by atoms with Crippen LogP contribution in [0.15, 0.2) is 36.4 Å². The molecule has 1 unspecified atom stereocenters. The maximum absolute atomic E-state index is 11.3. The molecule has 2 N–H and O–H groups in total. The molecule has 0 aliphatic carbocycles. The van der Waals surface area contributed by atoms with Crippen molar-refractivity contribution in [1.82, 2.24) is 0 Å². The fourth-order valence-corrected chi connectivity index (χ4v) is 2.63. The molecule has 0 radical (unpaired) electrons. The lowest BCUT2D eigenvalue weighted by Crippen LogP contribution is -2.16. The molecule has 8 nitrogen and oxygen atoms in total. The van der Waals surface area contributed by atoms with E-state index < -0.39 is 11.9 Å². The second kappa shape index (κ2) is 10.0. The van der Waals surface area contributed by atoms with Gasteiger partial charge in [-0.1, -0.05) is 0 Å². The molecule has 2 aromatic rings. The molecule has 29 heavy (non-hydrogen) atoms. The second-order valence-electron chi connectivity index (χ2n) is 6.28. The summed E-state index contributed by atoms with van der Waals surface area (Å²) in [5, 5.41) is 18.5. The quantitative estimate of drug-likeness (QED) is 0.434. The average Bonchev–Trinajstić information content (AvgIpc) is 2.71. The van der Waals surface area contributed by atoms with Crippen molar-refractivity contribution in [2.24, 2.45) is 0 Å². The first-order valence-electron chi connectivity index (χ1n) is 8.80. The Labute approximate surface area is 166 Å². The number of aromatic carboxylic acids is 2. The Balaban J connectivity index is 1.92. The molecular weight excluding hydrogens is 380 g/mol. The van der Waals surface area contributed by atoms with Crippen LogP contribution in [0.1, 0.15) is 61.2 Å². The first kappa shape index (κ1) is 21.6. The molecule has 0 aliphatic rings. The van der Waals surface area contributed by atoms with Gasteiger partial charge in [0.15, 0.2) is 0 Å². The van der Waals surface area contributed by atoms with E-state index in [2.05, 4.69) is 0 Å². The number of hydrogen-bond donors (Lipinski definition) is 2. The van der Waals surface area contributed by atoms with Crippen molar-refractivity contribution in [2.45, 2.75) is 25.9 Å². The van der Waals surface area contributed by atoms with Crippen LogP contribution < -0.4 is 9.47 Å². The van der Waals surface area contributed by atoms with Crippen LogP contribution in [0.5, 0.6) is 11.5 Å². The Kier molecular flexibility index (Phi) is 7.47. The number of hydrogen-bond acceptors (Lipinski definition) is 6. The molecule has 0 aliphatic heterocycles. The Morgan fingerprint density at radius 2 is 1.45 bits per heavy atom. The van der Waals surface area contributed by atoms with Gasteiger partial charge in [0.25, 0.3) is 0 Å². The highest BCUT2D eigenvalue weighted by Gasteiger charge is 2.16. The maximum atomic E-state index is 11.3. The molecule has 2 aromatic carbocycles. The summed E-state index contributed by atoms with van der Waals surface area (Å²) in [5.74, 6) is -2.07. The largest absolute Gasteiger partial charge is 0.493 e. The standard InChI is InChI=1S/C21H20O8/c1-13(29-19-7-5-15(12-23)10-17(19)21(26)27)3-2-8-28-18-6-4-14(11-22)9-16(18)20(24)25/h4-7,9-13H,2-3,8H2,1H3,(H,24,25)(H,26,27). The van der Waals surface area contributed by atoms with Crippen molar-refractivity contribution in [3.05, 3.63) is 58.7 Å². The van der Waals surface area contributed by atoms with Gasteiger partial charge < -0.3 is 19.7 Å². The van der Waals surface area contributed by atoms with Crippen molar-refractivity contribution in [2.75, 3.05) is 6.61 Å². The number of carboxylic acid groups (broad SMARTS) is 2. The summed E-state index contributed by atoms with van der Waals surface area (Å²) in [5.41, 5.74) is 0.288. The number of ether oxygens (including phenoxy) is 2. The van der Waals surface area contributed by atoms with E-state index in [-0.39, 0.29) is 46.5 Å². The van der Waals surface area contributed by atoms with Crippen LogP contribution in [0.2, 0.25) is 0 Å². The molecule has 152 valence electrons. The second-order valence-corrected chi connectivity index (χ2v) is 6.28. The van der Waals surface area contributed by atoms with E-state index in [9.17, 15) is 29.4 Å². The van der Waals surface area contributed by atoms with E-state index in [1.807, 2.05) is 0 Å². The van der Waals surface area contributed by atoms with E-state index in [4.69, 9.17) is 9.47 Å². The number of rotatable bonds is 11. The molecular formula is C21H20O8. The first-order valence-corrected chi connectivity index (χ1v) is 8.80. The lowest BCUT2D eigenvalue weighted by Gasteiger charge is -2.17. The Morgan fingerprint density at radius 1 is 0.931 bits per heavy atom. The summed E-state index contributed by atoms with van der Waals surface area (Å²) < 4.78 is 11.2. The average molecular weight is 400 g/mol. The van der Waals surface area contributed by atoms with E-state index in [0.29, 0.717) is 25.4 Å². The van der Waals surface area contributed by atoms with E-state index >= 15 is 0 Å². The number of aldehydes is 2. The fourth-order valence-electron chi connectivity index (χ4n) is 2.63. The summed E-state index contributed by atoms with van der Waals surface area (Å²) >= 11 is 0. The predicted molar refractivity (Wildman–Crippen MR) is 102 cm³/mol. The van der Waals surface area contributed by atoms with Crippen LogP contribution in [0.25, 0.3) is 0 Å². The smallest absolute Gasteiger partial charge is 0.339 e. The third-order valence-electron chi connectivity index (χ3n) is 4.08. The van der Waals surface area contributed by atoms with E-state index in [1.54, 1.807) is 6.92 Å². The van der Waals surface area contributed by atoms with Crippen molar-refractivity contribution in [3.63, 3.8) is 0 Å². The van der Waals surface area contributed by atoms with Gasteiger partial charge in [-0.2, -0.15) is 0 Å². The van der Waals surface area contributed by atoms with Gasteiger partial charge in [0, 0.05) is 11.1 Å². The van der Waals surface area contributed by atoms with Gasteiger partial charge in [-0.3, -0.25) is 9.59 Å². The molecule has 0 heterocycles. The molecule has 1 atom stereocenters.